The summed E-state index contributed by atoms with van der Waals surface area (Å²) in [6.45, 7) is 4.89. The molecule has 53 heavy (non-hydrogen) atoms. The summed E-state index contributed by atoms with van der Waals surface area (Å²) < 4.78 is 0. The molecule has 5 aliphatic carbocycles. The van der Waals surface area contributed by atoms with Crippen molar-refractivity contribution in [2.24, 2.45) is 11.8 Å². The molecule has 0 radical (unpaired) electrons. The number of para-hydroxylation sites is 1. The van der Waals surface area contributed by atoms with Crippen molar-refractivity contribution in [3.8, 4) is 22.3 Å². The van der Waals surface area contributed by atoms with Gasteiger partial charge in [-0.2, -0.15) is 0 Å². The Morgan fingerprint density at radius 1 is 0.528 bits per heavy atom. The second-order valence-corrected chi connectivity index (χ2v) is 18.1. The predicted octanol–water partition coefficient (Wildman–Crippen LogP) is 15.1. The molecule has 4 saturated carbocycles. The molecule has 270 valence electrons. The van der Waals surface area contributed by atoms with Gasteiger partial charge in [0.15, 0.2) is 0 Å². The van der Waals surface area contributed by atoms with Crippen LogP contribution in [0.3, 0.4) is 0 Å². The van der Waals surface area contributed by atoms with Gasteiger partial charge in [-0.05, 0) is 155 Å². The summed E-state index contributed by atoms with van der Waals surface area (Å²) in [6, 6.07) is 43.4. The van der Waals surface area contributed by atoms with Gasteiger partial charge in [0, 0.05) is 22.5 Å². The van der Waals surface area contributed by atoms with E-state index in [-0.39, 0.29) is 5.41 Å². The number of anilines is 3. The molecular weight excluding hydrogens is 639 g/mol. The number of benzene rings is 5. The third kappa shape index (κ3) is 5.89. The quantitative estimate of drug-likeness (QED) is 0.164. The monoisotopic (exact) mass is 695 g/mol. The van der Waals surface area contributed by atoms with Crippen LogP contribution in [0.15, 0.2) is 109 Å². The van der Waals surface area contributed by atoms with Gasteiger partial charge in [0.25, 0.3) is 0 Å². The van der Waals surface area contributed by atoms with Crippen LogP contribution in [0, 0.1) is 11.8 Å². The molecule has 1 nitrogen and oxygen atoms in total. The zero-order valence-corrected chi connectivity index (χ0v) is 32.1. The minimum Gasteiger partial charge on any atom is -0.310 e. The summed E-state index contributed by atoms with van der Waals surface area (Å²) in [4.78, 5) is 2.61. The molecule has 0 aromatic heterocycles. The van der Waals surface area contributed by atoms with E-state index < -0.39 is 0 Å². The maximum Gasteiger partial charge on any atom is 0.0496 e. The highest BCUT2D eigenvalue weighted by atomic mass is 15.1. The van der Waals surface area contributed by atoms with Crippen molar-refractivity contribution in [1.29, 1.82) is 0 Å². The van der Waals surface area contributed by atoms with Gasteiger partial charge in [-0.1, -0.05) is 138 Å². The molecule has 0 spiro atoms. The van der Waals surface area contributed by atoms with Crippen LogP contribution in [0.5, 0.6) is 0 Å². The molecule has 5 aromatic rings. The van der Waals surface area contributed by atoms with Crippen LogP contribution in [-0.2, 0) is 5.41 Å². The van der Waals surface area contributed by atoms with Crippen LogP contribution in [0.25, 0.3) is 22.3 Å². The van der Waals surface area contributed by atoms with Crippen molar-refractivity contribution < 1.29 is 0 Å². The average Bonchev–Trinajstić information content (AvgIpc) is 3.92. The highest BCUT2D eigenvalue weighted by Crippen LogP contribution is 2.55. The summed E-state index contributed by atoms with van der Waals surface area (Å²) in [5.74, 6) is 3.97. The van der Waals surface area contributed by atoms with Crippen molar-refractivity contribution in [1.82, 2.24) is 0 Å². The van der Waals surface area contributed by atoms with E-state index in [1.54, 1.807) is 5.56 Å². The minimum absolute atomic E-state index is 0.0983. The summed E-state index contributed by atoms with van der Waals surface area (Å²) >= 11 is 0. The molecule has 3 unspecified atom stereocenters. The first-order chi connectivity index (χ1) is 26.0. The topological polar surface area (TPSA) is 3.24 Å². The molecule has 4 fully saturated rings. The third-order valence-corrected chi connectivity index (χ3v) is 14.8. The highest BCUT2D eigenvalue weighted by Gasteiger charge is 2.40. The zero-order chi connectivity index (χ0) is 35.5. The fourth-order valence-electron chi connectivity index (χ4n) is 11.9. The van der Waals surface area contributed by atoms with Gasteiger partial charge in [0.2, 0.25) is 0 Å². The van der Waals surface area contributed by atoms with Crippen molar-refractivity contribution in [2.75, 3.05) is 4.90 Å². The van der Waals surface area contributed by atoms with E-state index in [0.717, 1.165) is 23.7 Å². The Kier molecular flexibility index (Phi) is 8.61. The van der Waals surface area contributed by atoms with Gasteiger partial charge in [0.05, 0.1) is 0 Å². The zero-order valence-electron chi connectivity index (χ0n) is 32.1. The Morgan fingerprint density at radius 3 is 1.94 bits per heavy atom. The maximum atomic E-state index is 2.61. The van der Waals surface area contributed by atoms with Gasteiger partial charge in [0.1, 0.15) is 0 Å². The standard InChI is InChI=1S/C52H57N/c1-52(2)48-18-11-17-45(39-24-22-37(23-25-39)36-12-5-3-6-13-36)51(48)46-31-30-43(34-49(46)52)53(50-19-10-9-16-44(50)38-14-7-4-8-15-38)42-28-26-40(27-29-42)47-33-35-20-21-41(47)32-35/h9-11,16-19,22-31,34-36,38,41,47H,3-8,12-15,20-21,32-33H2,1-2H3. The normalized spacial score (nSPS) is 23.5. The fourth-order valence-corrected chi connectivity index (χ4v) is 11.9. The first-order valence-electron chi connectivity index (χ1n) is 21.4. The molecule has 0 heterocycles. The van der Waals surface area contributed by atoms with Crippen molar-refractivity contribution in [3.05, 3.63) is 137 Å². The van der Waals surface area contributed by atoms with E-state index >= 15 is 0 Å². The Hall–Kier alpha value is -4.10. The molecule has 5 aromatic carbocycles. The maximum absolute atomic E-state index is 2.61. The molecule has 0 saturated heterocycles. The molecule has 2 bridgehead atoms. The molecule has 3 atom stereocenters. The first-order valence-corrected chi connectivity index (χ1v) is 21.4. The second-order valence-electron chi connectivity index (χ2n) is 18.1. The number of nitrogens with zero attached hydrogens (tertiary/aromatic N) is 1. The molecule has 0 amide bonds. The van der Waals surface area contributed by atoms with E-state index in [9.17, 15) is 0 Å². The smallest absolute Gasteiger partial charge is 0.0496 e. The number of hydrogen-bond acceptors (Lipinski definition) is 1. The number of hydrogen-bond donors (Lipinski definition) is 0. The van der Waals surface area contributed by atoms with E-state index in [1.165, 1.54) is 151 Å². The Morgan fingerprint density at radius 2 is 1.23 bits per heavy atom. The molecule has 10 rings (SSSR count). The second kappa shape index (κ2) is 13.6. The molecule has 5 aliphatic rings. The van der Waals surface area contributed by atoms with E-state index in [0.29, 0.717) is 5.92 Å². The Bertz CT molecular complexity index is 2090. The highest BCUT2D eigenvalue weighted by molar-refractivity contribution is 5.94. The lowest BCUT2D eigenvalue weighted by Gasteiger charge is -2.33. The molecular formula is C52H57N. The largest absolute Gasteiger partial charge is 0.310 e. The first kappa shape index (κ1) is 33.5. The Balaban J connectivity index is 1.06. The van der Waals surface area contributed by atoms with E-state index in [2.05, 4.69) is 128 Å². The van der Waals surface area contributed by atoms with Crippen LogP contribution >= 0.6 is 0 Å². The number of rotatable bonds is 7. The van der Waals surface area contributed by atoms with Gasteiger partial charge in [-0.25, -0.2) is 0 Å². The SMILES string of the molecule is CC1(C)c2cc(N(c3ccc(C4CC5CCC4C5)cc3)c3ccccc3C3CCCCC3)ccc2-c2c(-c3ccc(C4CCCCC4)cc3)cccc21. The van der Waals surface area contributed by atoms with Crippen molar-refractivity contribution in [2.45, 2.75) is 127 Å². The van der Waals surface area contributed by atoms with Gasteiger partial charge in [-0.3, -0.25) is 0 Å². The van der Waals surface area contributed by atoms with Gasteiger partial charge in [-0.15, -0.1) is 0 Å². The van der Waals surface area contributed by atoms with E-state index in [1.807, 2.05) is 0 Å². The summed E-state index contributed by atoms with van der Waals surface area (Å²) in [5.41, 5.74) is 16.9. The lowest BCUT2D eigenvalue weighted by atomic mass is 9.81. The molecule has 0 aliphatic heterocycles. The minimum atomic E-state index is -0.0983. The summed E-state index contributed by atoms with van der Waals surface area (Å²) in [5, 5.41) is 0. The van der Waals surface area contributed by atoms with Crippen LogP contribution in [0.4, 0.5) is 17.1 Å². The van der Waals surface area contributed by atoms with Crippen LogP contribution in [0.2, 0.25) is 0 Å². The Labute approximate surface area is 318 Å². The van der Waals surface area contributed by atoms with Crippen molar-refractivity contribution >= 4 is 17.1 Å². The number of fused-ring (bicyclic) bond motifs is 5. The van der Waals surface area contributed by atoms with E-state index in [4.69, 9.17) is 0 Å². The summed E-state index contributed by atoms with van der Waals surface area (Å²) in [6.07, 6.45) is 19.2. The van der Waals surface area contributed by atoms with Crippen LogP contribution < -0.4 is 4.90 Å². The molecule has 0 N–H and O–H groups in total. The molecule has 1 heteroatoms. The average molecular weight is 696 g/mol. The van der Waals surface area contributed by atoms with Gasteiger partial charge >= 0.3 is 0 Å². The van der Waals surface area contributed by atoms with Gasteiger partial charge < -0.3 is 4.90 Å². The lowest BCUT2D eigenvalue weighted by molar-refractivity contribution is 0.420. The third-order valence-electron chi connectivity index (χ3n) is 14.8. The summed E-state index contributed by atoms with van der Waals surface area (Å²) in [7, 11) is 0. The van der Waals surface area contributed by atoms with Crippen LogP contribution in [-0.4, -0.2) is 0 Å². The van der Waals surface area contributed by atoms with Crippen LogP contribution in [0.1, 0.15) is 149 Å². The fraction of sp³-hybridized carbons (Fsp3) is 0.423. The van der Waals surface area contributed by atoms with Crippen molar-refractivity contribution in [3.63, 3.8) is 0 Å². The lowest BCUT2D eigenvalue weighted by Crippen LogP contribution is -2.18. The predicted molar refractivity (Wildman–Crippen MR) is 224 cm³/mol.